The van der Waals surface area contributed by atoms with E-state index in [1.807, 2.05) is 48.5 Å². The molecule has 0 unspecified atom stereocenters. The lowest BCUT2D eigenvalue weighted by molar-refractivity contribution is -0.128. The van der Waals surface area contributed by atoms with Gasteiger partial charge in [-0.1, -0.05) is 24.3 Å². The molecule has 0 aromatic heterocycles. The SMILES string of the molecule is COc1cc2ccc(/C=C/C(=O)N3CCCN(C(=O)/C=C/c4ccc5cc(OC)c(OC)c(OC)c5c4)CC3)cc2c(OC)c1OC. The molecule has 0 bridgehead atoms. The number of hydrogen-bond donors (Lipinski definition) is 0. The number of carbonyl (C=O) groups is 2. The summed E-state index contributed by atoms with van der Waals surface area (Å²) in [6, 6.07) is 15.5. The van der Waals surface area contributed by atoms with Gasteiger partial charge in [0.15, 0.2) is 23.0 Å². The first-order valence-corrected chi connectivity index (χ1v) is 15.2. The van der Waals surface area contributed by atoms with Crippen LogP contribution < -0.4 is 28.4 Å². The maximum absolute atomic E-state index is 13.2. The van der Waals surface area contributed by atoms with Gasteiger partial charge in [-0.25, -0.2) is 0 Å². The van der Waals surface area contributed by atoms with Crippen molar-refractivity contribution >= 4 is 45.5 Å². The highest BCUT2D eigenvalue weighted by molar-refractivity contribution is 5.98. The average molecular weight is 641 g/mol. The zero-order valence-electron chi connectivity index (χ0n) is 27.6. The molecular weight excluding hydrogens is 600 g/mol. The number of methoxy groups -OCH3 is 6. The molecule has 5 rings (SSSR count). The average Bonchev–Trinajstić information content (AvgIpc) is 3.37. The molecule has 1 saturated heterocycles. The van der Waals surface area contributed by atoms with Crippen molar-refractivity contribution in [3.63, 3.8) is 0 Å². The highest BCUT2D eigenvalue weighted by Crippen LogP contribution is 2.44. The third-order valence-electron chi connectivity index (χ3n) is 8.29. The molecule has 0 N–H and O–H groups in total. The van der Waals surface area contributed by atoms with E-state index in [-0.39, 0.29) is 11.8 Å². The molecule has 1 aliphatic heterocycles. The third-order valence-corrected chi connectivity index (χ3v) is 8.29. The van der Waals surface area contributed by atoms with Gasteiger partial charge in [0.2, 0.25) is 23.3 Å². The summed E-state index contributed by atoms with van der Waals surface area (Å²) < 4.78 is 33.2. The fourth-order valence-electron chi connectivity index (χ4n) is 5.88. The van der Waals surface area contributed by atoms with E-state index >= 15 is 0 Å². The summed E-state index contributed by atoms with van der Waals surface area (Å²) in [5, 5.41) is 3.55. The number of carbonyl (C=O) groups excluding carboxylic acids is 2. The summed E-state index contributed by atoms with van der Waals surface area (Å²) in [5.41, 5.74) is 1.69. The van der Waals surface area contributed by atoms with Gasteiger partial charge < -0.3 is 38.2 Å². The van der Waals surface area contributed by atoms with Gasteiger partial charge in [-0.05, 0) is 64.7 Å². The number of benzene rings is 4. The molecule has 10 nitrogen and oxygen atoms in total. The summed E-state index contributed by atoms with van der Waals surface area (Å²) >= 11 is 0. The van der Waals surface area contributed by atoms with Gasteiger partial charge in [-0.2, -0.15) is 0 Å². The molecule has 1 heterocycles. The van der Waals surface area contributed by atoms with Gasteiger partial charge in [0.1, 0.15) is 0 Å². The third kappa shape index (κ3) is 6.91. The Morgan fingerprint density at radius 1 is 0.532 bits per heavy atom. The van der Waals surface area contributed by atoms with E-state index in [4.69, 9.17) is 28.4 Å². The lowest BCUT2D eigenvalue weighted by Gasteiger charge is -2.20. The Balaban J connectivity index is 1.24. The Bertz CT molecular complexity index is 1710. The minimum atomic E-state index is -0.105. The quantitative estimate of drug-likeness (QED) is 0.200. The predicted molar refractivity (Wildman–Crippen MR) is 183 cm³/mol. The van der Waals surface area contributed by atoms with Crippen LogP contribution in [-0.4, -0.2) is 90.5 Å². The largest absolute Gasteiger partial charge is 0.493 e. The van der Waals surface area contributed by atoms with Crippen LogP contribution in [-0.2, 0) is 9.59 Å². The van der Waals surface area contributed by atoms with Crippen LogP contribution in [0.1, 0.15) is 17.5 Å². The first-order valence-electron chi connectivity index (χ1n) is 15.2. The second-order valence-corrected chi connectivity index (χ2v) is 10.9. The van der Waals surface area contributed by atoms with Crippen molar-refractivity contribution in [2.75, 3.05) is 68.8 Å². The van der Waals surface area contributed by atoms with Crippen molar-refractivity contribution in [3.8, 4) is 34.5 Å². The molecule has 0 atom stereocenters. The van der Waals surface area contributed by atoms with Crippen LogP contribution in [0.15, 0.2) is 60.7 Å². The highest BCUT2D eigenvalue weighted by Gasteiger charge is 2.21. The van der Waals surface area contributed by atoms with Crippen LogP contribution in [0.4, 0.5) is 0 Å². The first-order chi connectivity index (χ1) is 22.8. The molecule has 4 aromatic rings. The fraction of sp³-hybridized carbons (Fsp3) is 0.297. The Hall–Kier alpha value is -5.38. The van der Waals surface area contributed by atoms with E-state index in [0.29, 0.717) is 67.1 Å². The van der Waals surface area contributed by atoms with Crippen molar-refractivity contribution in [2.24, 2.45) is 0 Å². The molecule has 10 heteroatoms. The van der Waals surface area contributed by atoms with Crippen LogP contribution in [0.5, 0.6) is 34.5 Å². The Labute approximate surface area is 274 Å². The fourth-order valence-corrected chi connectivity index (χ4v) is 5.88. The van der Waals surface area contributed by atoms with Gasteiger partial charge in [-0.3, -0.25) is 9.59 Å². The number of ether oxygens (including phenoxy) is 6. The van der Waals surface area contributed by atoms with Crippen LogP contribution in [0.25, 0.3) is 33.7 Å². The number of amides is 2. The smallest absolute Gasteiger partial charge is 0.246 e. The minimum absolute atomic E-state index is 0.105. The van der Waals surface area contributed by atoms with Crippen molar-refractivity contribution in [1.29, 1.82) is 0 Å². The van der Waals surface area contributed by atoms with Crippen LogP contribution >= 0.6 is 0 Å². The minimum Gasteiger partial charge on any atom is -0.493 e. The van der Waals surface area contributed by atoms with Gasteiger partial charge in [0.05, 0.1) is 42.7 Å². The second kappa shape index (κ2) is 14.8. The molecule has 1 fully saturated rings. The maximum Gasteiger partial charge on any atom is 0.246 e. The molecular formula is C37H40N2O8. The van der Waals surface area contributed by atoms with Gasteiger partial charge in [-0.15, -0.1) is 0 Å². The van der Waals surface area contributed by atoms with E-state index in [1.54, 1.807) is 76.8 Å². The normalized spacial score (nSPS) is 13.7. The van der Waals surface area contributed by atoms with Gasteiger partial charge in [0.25, 0.3) is 0 Å². The van der Waals surface area contributed by atoms with Gasteiger partial charge >= 0.3 is 0 Å². The zero-order chi connectivity index (χ0) is 33.5. The highest BCUT2D eigenvalue weighted by atomic mass is 16.5. The summed E-state index contributed by atoms with van der Waals surface area (Å²) in [6.07, 6.45) is 7.41. The molecule has 0 spiro atoms. The van der Waals surface area contributed by atoms with Crippen LogP contribution in [0, 0.1) is 0 Å². The Morgan fingerprint density at radius 2 is 0.936 bits per heavy atom. The monoisotopic (exact) mass is 640 g/mol. The molecule has 2 amide bonds. The molecule has 47 heavy (non-hydrogen) atoms. The summed E-state index contributed by atoms with van der Waals surface area (Å²) in [6.45, 7) is 2.02. The standard InChI is InChI=1S/C37H40N2O8/c1-42-30-22-26-12-8-24(20-28(26)34(44-3)36(30)46-5)10-14-32(40)38-16-7-17-39(19-18-38)33(41)15-11-25-9-13-27-23-31(43-2)37(47-6)35(45-4)29(27)21-25/h8-15,20-23H,7,16-19H2,1-6H3/b14-10+,15-11+. The van der Waals surface area contributed by atoms with E-state index in [0.717, 1.165) is 32.7 Å². The first kappa shape index (κ1) is 33.0. The summed E-state index contributed by atoms with van der Waals surface area (Å²) in [5.74, 6) is 3.10. The molecule has 0 aliphatic carbocycles. The van der Waals surface area contributed by atoms with Crippen molar-refractivity contribution in [2.45, 2.75) is 6.42 Å². The van der Waals surface area contributed by atoms with Crippen LogP contribution in [0.2, 0.25) is 0 Å². The molecule has 246 valence electrons. The Morgan fingerprint density at radius 3 is 1.30 bits per heavy atom. The van der Waals surface area contributed by atoms with Crippen molar-refractivity contribution < 1.29 is 38.0 Å². The number of hydrogen-bond acceptors (Lipinski definition) is 8. The maximum atomic E-state index is 13.2. The summed E-state index contributed by atoms with van der Waals surface area (Å²) in [4.78, 5) is 29.9. The number of fused-ring (bicyclic) bond motifs is 2. The Kier molecular flexibility index (Phi) is 10.4. The lowest BCUT2D eigenvalue weighted by atomic mass is 10.0. The molecule has 0 radical (unpaired) electrons. The van der Waals surface area contributed by atoms with E-state index in [2.05, 4.69) is 0 Å². The summed E-state index contributed by atoms with van der Waals surface area (Å²) in [7, 11) is 9.48. The van der Waals surface area contributed by atoms with Gasteiger partial charge in [0, 0.05) is 49.1 Å². The molecule has 4 aromatic carbocycles. The topological polar surface area (TPSA) is 96.0 Å². The molecule has 0 saturated carbocycles. The number of nitrogens with zero attached hydrogens (tertiary/aromatic N) is 2. The van der Waals surface area contributed by atoms with Crippen molar-refractivity contribution in [1.82, 2.24) is 9.80 Å². The zero-order valence-corrected chi connectivity index (χ0v) is 27.6. The van der Waals surface area contributed by atoms with E-state index in [1.165, 1.54) is 0 Å². The lowest BCUT2D eigenvalue weighted by Crippen LogP contribution is -2.36. The van der Waals surface area contributed by atoms with Crippen LogP contribution in [0.3, 0.4) is 0 Å². The van der Waals surface area contributed by atoms with E-state index in [9.17, 15) is 9.59 Å². The second-order valence-electron chi connectivity index (χ2n) is 10.9. The predicted octanol–water partition coefficient (Wildman–Crippen LogP) is 5.83. The van der Waals surface area contributed by atoms with E-state index < -0.39 is 0 Å². The van der Waals surface area contributed by atoms with Crippen molar-refractivity contribution in [3.05, 3.63) is 71.8 Å². The molecule has 1 aliphatic rings. The number of rotatable bonds is 10.